The Kier molecular flexibility index (Phi) is 3.73. The average molecular weight is 268 g/mol. The Balaban J connectivity index is 1.36. The molecule has 94 valence electrons. The minimum atomic E-state index is 0.841. The van der Waals surface area contributed by atoms with Gasteiger partial charge in [-0.05, 0) is 44.4 Å². The number of thiazole rings is 1. The third-order valence-electron chi connectivity index (χ3n) is 3.57. The first kappa shape index (κ1) is 12.0. The summed E-state index contributed by atoms with van der Waals surface area (Å²) in [5.41, 5.74) is 1.15. The molecule has 2 aliphatic rings. The van der Waals surface area contributed by atoms with E-state index in [4.69, 9.17) is 0 Å². The molecule has 2 nitrogen and oxygen atoms in total. The first-order valence-corrected chi connectivity index (χ1v) is 8.48. The van der Waals surface area contributed by atoms with Crippen molar-refractivity contribution in [3.63, 3.8) is 0 Å². The summed E-state index contributed by atoms with van der Waals surface area (Å²) in [7, 11) is 0. The highest BCUT2D eigenvalue weighted by Gasteiger charge is 2.40. The molecule has 0 aromatic carbocycles. The van der Waals surface area contributed by atoms with Crippen LogP contribution in [0.3, 0.4) is 0 Å². The highest BCUT2D eigenvalue weighted by Crippen LogP contribution is 2.44. The van der Waals surface area contributed by atoms with Crippen LogP contribution in [-0.2, 0) is 0 Å². The fourth-order valence-electron chi connectivity index (χ4n) is 2.39. The van der Waals surface area contributed by atoms with Crippen LogP contribution < -0.4 is 5.32 Å². The molecule has 17 heavy (non-hydrogen) atoms. The van der Waals surface area contributed by atoms with Gasteiger partial charge < -0.3 is 5.32 Å². The Morgan fingerprint density at radius 3 is 2.65 bits per heavy atom. The first-order valence-electron chi connectivity index (χ1n) is 6.61. The van der Waals surface area contributed by atoms with Crippen LogP contribution in [0.2, 0.25) is 0 Å². The van der Waals surface area contributed by atoms with Gasteiger partial charge in [-0.1, -0.05) is 11.8 Å². The van der Waals surface area contributed by atoms with Gasteiger partial charge in [0.1, 0.15) is 4.34 Å². The van der Waals surface area contributed by atoms with Crippen molar-refractivity contribution in [2.45, 2.75) is 43.0 Å². The summed E-state index contributed by atoms with van der Waals surface area (Å²) < 4.78 is 1.22. The van der Waals surface area contributed by atoms with Gasteiger partial charge in [-0.3, -0.25) is 0 Å². The lowest BCUT2D eigenvalue weighted by atomic mass is 10.1. The molecular weight excluding hydrogens is 248 g/mol. The molecule has 1 aromatic heterocycles. The molecule has 4 heteroatoms. The SMILES string of the molecule is Cc1csc(SCCNC(C2CC2)C2CC2)n1. The Morgan fingerprint density at radius 1 is 1.41 bits per heavy atom. The highest BCUT2D eigenvalue weighted by atomic mass is 32.2. The van der Waals surface area contributed by atoms with Gasteiger partial charge in [0.05, 0.1) is 0 Å². The average Bonchev–Trinajstić information content (AvgIpc) is 3.20. The van der Waals surface area contributed by atoms with E-state index >= 15 is 0 Å². The van der Waals surface area contributed by atoms with Crippen molar-refractivity contribution in [3.8, 4) is 0 Å². The van der Waals surface area contributed by atoms with E-state index in [2.05, 4.69) is 22.6 Å². The lowest BCUT2D eigenvalue weighted by molar-refractivity contribution is 0.429. The Hall–Kier alpha value is -0.0600. The number of hydrogen-bond donors (Lipinski definition) is 1. The molecule has 1 heterocycles. The summed E-state index contributed by atoms with van der Waals surface area (Å²) in [6.07, 6.45) is 5.86. The molecule has 1 N–H and O–H groups in total. The van der Waals surface area contributed by atoms with Gasteiger partial charge >= 0.3 is 0 Å². The topological polar surface area (TPSA) is 24.9 Å². The highest BCUT2D eigenvalue weighted by molar-refractivity contribution is 8.01. The summed E-state index contributed by atoms with van der Waals surface area (Å²) in [4.78, 5) is 4.48. The molecule has 0 atom stereocenters. The minimum Gasteiger partial charge on any atom is -0.313 e. The Labute approximate surface area is 112 Å². The molecular formula is C13H20N2S2. The monoisotopic (exact) mass is 268 g/mol. The number of hydrogen-bond acceptors (Lipinski definition) is 4. The van der Waals surface area contributed by atoms with E-state index in [0.717, 1.165) is 35.9 Å². The molecule has 0 unspecified atom stereocenters. The van der Waals surface area contributed by atoms with Gasteiger partial charge in [0.25, 0.3) is 0 Å². The zero-order chi connectivity index (χ0) is 11.7. The van der Waals surface area contributed by atoms with E-state index in [1.807, 2.05) is 11.8 Å². The summed E-state index contributed by atoms with van der Waals surface area (Å²) >= 11 is 3.66. The van der Waals surface area contributed by atoms with Crippen molar-refractivity contribution in [2.24, 2.45) is 11.8 Å². The maximum atomic E-state index is 4.48. The predicted octanol–water partition coefficient (Wildman–Crippen LogP) is 3.32. The molecule has 1 aromatic rings. The maximum absolute atomic E-state index is 4.48. The van der Waals surface area contributed by atoms with Crippen molar-refractivity contribution in [2.75, 3.05) is 12.3 Å². The Bertz CT molecular complexity index is 357. The summed E-state index contributed by atoms with van der Waals surface area (Å²) in [6, 6.07) is 0.841. The number of thioether (sulfide) groups is 1. The summed E-state index contributed by atoms with van der Waals surface area (Å²) in [6.45, 7) is 3.20. The number of nitrogens with zero attached hydrogens (tertiary/aromatic N) is 1. The standard InChI is InChI=1S/C13H20N2S2/c1-9-8-17-13(15-9)16-7-6-14-12(10-2-3-10)11-4-5-11/h8,10-12,14H,2-7H2,1H3. The quantitative estimate of drug-likeness (QED) is 0.606. The number of rotatable bonds is 7. The molecule has 0 amide bonds. The normalized spacial score (nSPS) is 20.1. The van der Waals surface area contributed by atoms with Crippen molar-refractivity contribution < 1.29 is 0 Å². The fourth-order valence-corrected chi connectivity index (χ4v) is 4.18. The fraction of sp³-hybridized carbons (Fsp3) is 0.769. The number of nitrogens with one attached hydrogen (secondary N) is 1. The molecule has 2 fully saturated rings. The van der Waals surface area contributed by atoms with E-state index in [9.17, 15) is 0 Å². The van der Waals surface area contributed by atoms with Gasteiger partial charge in [0.15, 0.2) is 0 Å². The number of aryl methyl sites for hydroxylation is 1. The largest absolute Gasteiger partial charge is 0.313 e. The smallest absolute Gasteiger partial charge is 0.150 e. The second-order valence-electron chi connectivity index (χ2n) is 5.26. The van der Waals surface area contributed by atoms with Crippen molar-refractivity contribution >= 4 is 23.1 Å². The zero-order valence-electron chi connectivity index (χ0n) is 10.3. The summed E-state index contributed by atoms with van der Waals surface area (Å²) in [5.74, 6) is 3.17. The van der Waals surface area contributed by atoms with Crippen LogP contribution in [0.5, 0.6) is 0 Å². The molecule has 0 radical (unpaired) electrons. The molecule has 0 bridgehead atoms. The first-order chi connectivity index (χ1) is 8.33. The van der Waals surface area contributed by atoms with E-state index < -0.39 is 0 Å². The van der Waals surface area contributed by atoms with Crippen LogP contribution in [0, 0.1) is 18.8 Å². The molecule has 3 rings (SSSR count). The molecule has 2 aliphatic carbocycles. The maximum Gasteiger partial charge on any atom is 0.150 e. The van der Waals surface area contributed by atoms with E-state index in [-0.39, 0.29) is 0 Å². The van der Waals surface area contributed by atoms with Crippen molar-refractivity contribution in [1.29, 1.82) is 0 Å². The summed E-state index contributed by atoms with van der Waals surface area (Å²) in [5, 5.41) is 5.91. The van der Waals surface area contributed by atoms with Crippen LogP contribution >= 0.6 is 23.1 Å². The van der Waals surface area contributed by atoms with Crippen molar-refractivity contribution in [1.82, 2.24) is 10.3 Å². The Morgan fingerprint density at radius 2 is 2.12 bits per heavy atom. The predicted molar refractivity (Wildman–Crippen MR) is 74.8 cm³/mol. The molecule has 0 aliphatic heterocycles. The van der Waals surface area contributed by atoms with Gasteiger partial charge in [-0.25, -0.2) is 4.98 Å². The van der Waals surface area contributed by atoms with E-state index in [1.165, 1.54) is 30.0 Å². The van der Waals surface area contributed by atoms with Gasteiger partial charge in [-0.2, -0.15) is 0 Å². The minimum absolute atomic E-state index is 0.841. The molecule has 2 saturated carbocycles. The second-order valence-corrected chi connectivity index (χ2v) is 7.46. The lowest BCUT2D eigenvalue weighted by Gasteiger charge is -2.17. The van der Waals surface area contributed by atoms with E-state index in [0.29, 0.717) is 0 Å². The zero-order valence-corrected chi connectivity index (χ0v) is 11.9. The lowest BCUT2D eigenvalue weighted by Crippen LogP contribution is -2.34. The van der Waals surface area contributed by atoms with Crippen molar-refractivity contribution in [3.05, 3.63) is 11.1 Å². The van der Waals surface area contributed by atoms with Crippen LogP contribution in [0.25, 0.3) is 0 Å². The third kappa shape index (κ3) is 3.46. The van der Waals surface area contributed by atoms with Crippen LogP contribution in [0.1, 0.15) is 31.4 Å². The van der Waals surface area contributed by atoms with Crippen LogP contribution in [0.4, 0.5) is 0 Å². The van der Waals surface area contributed by atoms with E-state index in [1.54, 1.807) is 11.3 Å². The van der Waals surface area contributed by atoms with Crippen LogP contribution in [0.15, 0.2) is 9.72 Å². The number of aromatic nitrogens is 1. The van der Waals surface area contributed by atoms with Gasteiger partial charge in [0, 0.05) is 29.4 Å². The van der Waals surface area contributed by atoms with Gasteiger partial charge in [0.2, 0.25) is 0 Å². The third-order valence-corrected chi connectivity index (χ3v) is 5.71. The molecule has 0 spiro atoms. The van der Waals surface area contributed by atoms with Crippen LogP contribution in [-0.4, -0.2) is 23.3 Å². The van der Waals surface area contributed by atoms with Gasteiger partial charge in [-0.15, -0.1) is 11.3 Å². The molecule has 0 saturated heterocycles. The second kappa shape index (κ2) is 5.29.